The minimum atomic E-state index is -0.214. The van der Waals surface area contributed by atoms with Gasteiger partial charge in [-0.25, -0.2) is 0 Å². The lowest BCUT2D eigenvalue weighted by Crippen LogP contribution is -2.48. The summed E-state index contributed by atoms with van der Waals surface area (Å²) in [5, 5.41) is 6.53. The molecule has 6 nitrogen and oxygen atoms in total. The van der Waals surface area contributed by atoms with Gasteiger partial charge in [0, 0.05) is 33.9 Å². The molecule has 1 aliphatic rings. The van der Waals surface area contributed by atoms with Gasteiger partial charge in [-0.15, -0.1) is 0 Å². The molecule has 0 radical (unpaired) electrons. The van der Waals surface area contributed by atoms with E-state index in [2.05, 4.69) is 15.6 Å². The van der Waals surface area contributed by atoms with E-state index in [4.69, 9.17) is 9.47 Å². The van der Waals surface area contributed by atoms with Crippen LogP contribution in [0.15, 0.2) is 4.99 Å². The summed E-state index contributed by atoms with van der Waals surface area (Å²) in [5.41, 5.74) is 0.335. The van der Waals surface area contributed by atoms with Crippen LogP contribution in [-0.2, 0) is 14.3 Å². The molecular formula is C15H29N3O3. The molecule has 6 heteroatoms. The van der Waals surface area contributed by atoms with Crippen molar-refractivity contribution in [3.05, 3.63) is 0 Å². The molecule has 1 fully saturated rings. The van der Waals surface area contributed by atoms with Gasteiger partial charge in [0.25, 0.3) is 0 Å². The number of rotatable bonds is 8. The molecule has 1 atom stereocenters. The second-order valence-electron chi connectivity index (χ2n) is 5.83. The summed E-state index contributed by atoms with van der Waals surface area (Å²) >= 11 is 0. The Labute approximate surface area is 127 Å². The molecule has 122 valence electrons. The van der Waals surface area contributed by atoms with E-state index in [-0.39, 0.29) is 11.9 Å². The highest BCUT2D eigenvalue weighted by Gasteiger charge is 2.36. The summed E-state index contributed by atoms with van der Waals surface area (Å²) in [4.78, 5) is 15.6. The maximum Gasteiger partial charge on any atom is 0.310 e. The van der Waals surface area contributed by atoms with Crippen molar-refractivity contribution < 1.29 is 14.3 Å². The van der Waals surface area contributed by atoms with Gasteiger partial charge in [0.05, 0.1) is 13.0 Å². The first-order chi connectivity index (χ1) is 10.1. The Kier molecular flexibility index (Phi) is 7.50. The number of nitrogens with zero attached hydrogens (tertiary/aromatic N) is 1. The Bertz CT molecular complexity index is 354. The molecule has 0 aliphatic heterocycles. The van der Waals surface area contributed by atoms with Gasteiger partial charge in [0.1, 0.15) is 0 Å². The first-order valence-corrected chi connectivity index (χ1v) is 7.58. The maximum atomic E-state index is 11.4. The summed E-state index contributed by atoms with van der Waals surface area (Å²) < 4.78 is 9.91. The molecular weight excluding hydrogens is 270 g/mol. The van der Waals surface area contributed by atoms with Crippen LogP contribution in [0.4, 0.5) is 0 Å². The van der Waals surface area contributed by atoms with Gasteiger partial charge in [-0.3, -0.25) is 9.79 Å². The van der Waals surface area contributed by atoms with Crippen LogP contribution in [0.2, 0.25) is 0 Å². The van der Waals surface area contributed by atoms with Crippen LogP contribution in [-0.4, -0.2) is 52.9 Å². The van der Waals surface area contributed by atoms with Crippen molar-refractivity contribution in [3.8, 4) is 0 Å². The molecule has 1 unspecified atom stereocenters. The van der Waals surface area contributed by atoms with Crippen molar-refractivity contribution in [2.75, 3.05) is 41.0 Å². The highest BCUT2D eigenvalue weighted by Crippen LogP contribution is 2.43. The van der Waals surface area contributed by atoms with Crippen LogP contribution >= 0.6 is 0 Å². The number of nitrogens with one attached hydrogen (secondary N) is 2. The monoisotopic (exact) mass is 299 g/mol. The predicted octanol–water partition coefficient (Wildman–Crippen LogP) is 1.17. The molecule has 0 amide bonds. The third kappa shape index (κ3) is 5.53. The van der Waals surface area contributed by atoms with Crippen molar-refractivity contribution >= 4 is 11.9 Å². The van der Waals surface area contributed by atoms with Crippen molar-refractivity contribution in [3.63, 3.8) is 0 Å². The summed E-state index contributed by atoms with van der Waals surface area (Å²) in [6.07, 6.45) is 4.83. The van der Waals surface area contributed by atoms with Crippen LogP contribution in [0.5, 0.6) is 0 Å². The van der Waals surface area contributed by atoms with Crippen molar-refractivity contribution in [1.82, 2.24) is 10.6 Å². The number of carbonyl (C=O) groups excluding carboxylic acids is 1. The normalized spacial score (nSPS) is 18.6. The quantitative estimate of drug-likeness (QED) is 0.400. The van der Waals surface area contributed by atoms with Crippen LogP contribution < -0.4 is 10.6 Å². The second kappa shape index (κ2) is 8.87. The second-order valence-corrected chi connectivity index (χ2v) is 5.83. The maximum absolute atomic E-state index is 11.4. The Morgan fingerprint density at radius 2 is 2.05 bits per heavy atom. The van der Waals surface area contributed by atoms with Crippen molar-refractivity contribution in [1.29, 1.82) is 0 Å². The summed E-state index contributed by atoms with van der Waals surface area (Å²) in [7, 11) is 4.89. The van der Waals surface area contributed by atoms with E-state index >= 15 is 0 Å². The number of carbonyl (C=O) groups is 1. The van der Waals surface area contributed by atoms with Gasteiger partial charge < -0.3 is 20.1 Å². The van der Waals surface area contributed by atoms with Crippen LogP contribution in [0.3, 0.4) is 0 Å². The van der Waals surface area contributed by atoms with Gasteiger partial charge in [-0.05, 0) is 24.7 Å². The standard InChI is InChI=1S/C15H29N3O3/c1-12(13(19)21-4)10-17-14(16-2)18-11-15(6-5-7-15)8-9-20-3/h12H,5-11H2,1-4H3,(H2,16,17,18). The topological polar surface area (TPSA) is 72.0 Å². The highest BCUT2D eigenvalue weighted by molar-refractivity contribution is 5.80. The fourth-order valence-corrected chi connectivity index (χ4v) is 2.54. The molecule has 0 aromatic carbocycles. The molecule has 0 aromatic rings. The van der Waals surface area contributed by atoms with E-state index in [0.29, 0.717) is 12.0 Å². The Hall–Kier alpha value is -1.30. The van der Waals surface area contributed by atoms with Crippen molar-refractivity contribution in [2.45, 2.75) is 32.6 Å². The zero-order chi connectivity index (χ0) is 15.7. The lowest BCUT2D eigenvalue weighted by Gasteiger charge is -2.42. The molecule has 0 bridgehead atoms. The molecule has 0 heterocycles. The predicted molar refractivity (Wildman–Crippen MR) is 83.3 cm³/mol. The van der Waals surface area contributed by atoms with E-state index in [1.54, 1.807) is 14.2 Å². The summed E-state index contributed by atoms with van der Waals surface area (Å²) in [6.45, 7) is 4.03. The minimum Gasteiger partial charge on any atom is -0.469 e. The van der Waals surface area contributed by atoms with Crippen LogP contribution in [0.1, 0.15) is 32.6 Å². The largest absolute Gasteiger partial charge is 0.469 e. The van der Waals surface area contributed by atoms with E-state index in [9.17, 15) is 4.79 Å². The summed E-state index contributed by atoms with van der Waals surface area (Å²) in [5.74, 6) is 0.322. The smallest absolute Gasteiger partial charge is 0.310 e. The molecule has 0 spiro atoms. The molecule has 21 heavy (non-hydrogen) atoms. The average Bonchev–Trinajstić information content (AvgIpc) is 2.47. The molecule has 0 aromatic heterocycles. The molecule has 1 aliphatic carbocycles. The Balaban J connectivity index is 2.35. The number of guanidine groups is 1. The zero-order valence-corrected chi connectivity index (χ0v) is 13.7. The zero-order valence-electron chi connectivity index (χ0n) is 13.7. The Morgan fingerprint density at radius 1 is 1.33 bits per heavy atom. The molecule has 1 saturated carbocycles. The van der Waals surface area contributed by atoms with Crippen LogP contribution in [0.25, 0.3) is 0 Å². The highest BCUT2D eigenvalue weighted by atomic mass is 16.5. The van der Waals surface area contributed by atoms with E-state index < -0.39 is 0 Å². The fraction of sp³-hybridized carbons (Fsp3) is 0.867. The fourth-order valence-electron chi connectivity index (χ4n) is 2.54. The van der Waals surface area contributed by atoms with Gasteiger partial charge in [0.15, 0.2) is 5.96 Å². The number of hydrogen-bond acceptors (Lipinski definition) is 4. The van der Waals surface area contributed by atoms with Crippen molar-refractivity contribution in [2.24, 2.45) is 16.3 Å². The van der Waals surface area contributed by atoms with Gasteiger partial charge in [-0.1, -0.05) is 13.3 Å². The average molecular weight is 299 g/mol. The molecule has 2 N–H and O–H groups in total. The summed E-state index contributed by atoms with van der Waals surface area (Å²) in [6, 6.07) is 0. The minimum absolute atomic E-state index is 0.195. The number of esters is 1. The van der Waals surface area contributed by atoms with Gasteiger partial charge in [0.2, 0.25) is 0 Å². The van der Waals surface area contributed by atoms with E-state index in [0.717, 1.165) is 25.5 Å². The number of hydrogen-bond donors (Lipinski definition) is 2. The lowest BCUT2D eigenvalue weighted by molar-refractivity contribution is -0.144. The number of methoxy groups -OCH3 is 2. The Morgan fingerprint density at radius 3 is 2.52 bits per heavy atom. The van der Waals surface area contributed by atoms with Crippen LogP contribution in [0, 0.1) is 11.3 Å². The van der Waals surface area contributed by atoms with E-state index in [1.165, 1.54) is 26.4 Å². The third-order valence-corrected chi connectivity index (χ3v) is 4.28. The first kappa shape index (κ1) is 17.8. The van der Waals surface area contributed by atoms with Gasteiger partial charge in [-0.2, -0.15) is 0 Å². The third-order valence-electron chi connectivity index (χ3n) is 4.28. The number of ether oxygens (including phenoxy) is 2. The number of aliphatic imine (C=N–C) groups is 1. The SMILES string of the molecule is CN=C(NCC(C)C(=O)OC)NCC1(CCOC)CCC1. The first-order valence-electron chi connectivity index (χ1n) is 7.58. The molecule has 1 rings (SSSR count). The van der Waals surface area contributed by atoms with Gasteiger partial charge >= 0.3 is 5.97 Å². The van der Waals surface area contributed by atoms with E-state index in [1.807, 2.05) is 6.92 Å². The molecule has 0 saturated heterocycles. The lowest BCUT2D eigenvalue weighted by atomic mass is 9.67.